The van der Waals surface area contributed by atoms with Crippen LogP contribution >= 0.6 is 0 Å². The van der Waals surface area contributed by atoms with Crippen molar-refractivity contribution in [3.8, 4) is 11.1 Å². The molecule has 4 rings (SSSR count). The van der Waals surface area contributed by atoms with Crippen molar-refractivity contribution in [2.75, 3.05) is 0 Å². The number of ketones is 1. The SMILES string of the molecule is Cn1c(=O)cc2c3c(cccc31)C(=O)c1ccccc1-2. The molecule has 0 atom stereocenters. The Hall–Kier alpha value is -2.68. The Morgan fingerprint density at radius 3 is 2.30 bits per heavy atom. The molecule has 0 bridgehead atoms. The number of fused-ring (bicyclic) bond motifs is 2. The highest BCUT2D eigenvalue weighted by molar-refractivity contribution is 6.25. The van der Waals surface area contributed by atoms with Crippen molar-refractivity contribution in [3.63, 3.8) is 0 Å². The fraction of sp³-hybridized carbons (Fsp3) is 0.0588. The summed E-state index contributed by atoms with van der Waals surface area (Å²) in [5.74, 6) is 0.0253. The summed E-state index contributed by atoms with van der Waals surface area (Å²) in [5, 5.41) is 0.873. The number of rotatable bonds is 0. The molecule has 1 aliphatic carbocycles. The van der Waals surface area contributed by atoms with E-state index >= 15 is 0 Å². The Labute approximate surface area is 115 Å². The molecule has 20 heavy (non-hydrogen) atoms. The average Bonchev–Trinajstić information content (AvgIpc) is 2.49. The van der Waals surface area contributed by atoms with Crippen molar-refractivity contribution in [2.45, 2.75) is 0 Å². The number of aromatic nitrogens is 1. The number of carbonyl (C=O) groups is 1. The highest BCUT2D eigenvalue weighted by Gasteiger charge is 2.25. The molecule has 0 aliphatic heterocycles. The average molecular weight is 261 g/mol. The van der Waals surface area contributed by atoms with Crippen LogP contribution in [0.5, 0.6) is 0 Å². The van der Waals surface area contributed by atoms with E-state index in [0.717, 1.165) is 22.0 Å². The second kappa shape index (κ2) is 3.67. The summed E-state index contributed by atoms with van der Waals surface area (Å²) in [6.45, 7) is 0. The molecule has 0 spiro atoms. The topological polar surface area (TPSA) is 39.1 Å². The Morgan fingerprint density at radius 2 is 1.50 bits per heavy atom. The first-order valence-electron chi connectivity index (χ1n) is 6.45. The lowest BCUT2D eigenvalue weighted by Gasteiger charge is -2.20. The van der Waals surface area contributed by atoms with Crippen molar-refractivity contribution in [1.29, 1.82) is 0 Å². The van der Waals surface area contributed by atoms with Gasteiger partial charge in [-0.1, -0.05) is 36.4 Å². The van der Waals surface area contributed by atoms with Gasteiger partial charge in [-0.15, -0.1) is 0 Å². The summed E-state index contributed by atoms with van der Waals surface area (Å²) in [6.07, 6.45) is 0. The Bertz CT molecular complexity index is 951. The van der Waals surface area contributed by atoms with Gasteiger partial charge in [-0.05, 0) is 17.2 Å². The highest BCUT2D eigenvalue weighted by atomic mass is 16.1. The zero-order valence-electron chi connectivity index (χ0n) is 10.9. The van der Waals surface area contributed by atoms with E-state index in [1.54, 1.807) is 17.7 Å². The van der Waals surface area contributed by atoms with Gasteiger partial charge in [0.25, 0.3) is 5.56 Å². The van der Waals surface area contributed by atoms with E-state index in [2.05, 4.69) is 0 Å². The van der Waals surface area contributed by atoms with Crippen molar-refractivity contribution in [2.24, 2.45) is 7.05 Å². The normalized spacial score (nSPS) is 12.6. The third-order valence-electron chi connectivity index (χ3n) is 3.98. The van der Waals surface area contributed by atoms with Gasteiger partial charge in [-0.2, -0.15) is 0 Å². The van der Waals surface area contributed by atoms with Gasteiger partial charge in [0.15, 0.2) is 5.78 Å². The van der Waals surface area contributed by atoms with Gasteiger partial charge in [0.05, 0.1) is 5.52 Å². The molecule has 0 saturated carbocycles. The maximum absolute atomic E-state index is 12.6. The van der Waals surface area contributed by atoms with Crippen LogP contribution < -0.4 is 5.56 Å². The molecule has 1 aromatic heterocycles. The van der Waals surface area contributed by atoms with Gasteiger partial charge in [0.1, 0.15) is 0 Å². The number of aryl methyl sites for hydroxylation is 1. The first-order chi connectivity index (χ1) is 9.68. The van der Waals surface area contributed by atoms with E-state index in [9.17, 15) is 9.59 Å². The molecule has 3 aromatic rings. The summed E-state index contributed by atoms with van der Waals surface area (Å²) >= 11 is 0. The van der Waals surface area contributed by atoms with Crippen LogP contribution in [0.25, 0.3) is 22.0 Å². The van der Waals surface area contributed by atoms with Crippen LogP contribution in [0.3, 0.4) is 0 Å². The summed E-state index contributed by atoms with van der Waals surface area (Å²) in [4.78, 5) is 24.7. The molecule has 0 N–H and O–H groups in total. The quantitative estimate of drug-likeness (QED) is 0.488. The number of carbonyl (C=O) groups excluding carboxylic acids is 1. The van der Waals surface area contributed by atoms with Crippen molar-refractivity contribution in [1.82, 2.24) is 4.57 Å². The molecular weight excluding hydrogens is 250 g/mol. The van der Waals surface area contributed by atoms with E-state index in [-0.39, 0.29) is 11.3 Å². The second-order valence-corrected chi connectivity index (χ2v) is 5.03. The fourth-order valence-electron chi connectivity index (χ4n) is 2.98. The van der Waals surface area contributed by atoms with Gasteiger partial charge in [-0.25, -0.2) is 0 Å². The summed E-state index contributed by atoms with van der Waals surface area (Å²) in [7, 11) is 1.73. The van der Waals surface area contributed by atoms with Crippen LogP contribution in [0.1, 0.15) is 15.9 Å². The lowest BCUT2D eigenvalue weighted by molar-refractivity contribution is 0.104. The Balaban J connectivity index is 2.33. The lowest BCUT2D eigenvalue weighted by Crippen LogP contribution is -2.20. The van der Waals surface area contributed by atoms with Crippen LogP contribution in [0.15, 0.2) is 53.3 Å². The molecule has 1 aliphatic rings. The number of pyridine rings is 1. The molecule has 3 heteroatoms. The van der Waals surface area contributed by atoms with E-state index in [1.807, 2.05) is 42.5 Å². The maximum atomic E-state index is 12.6. The minimum atomic E-state index is -0.0613. The van der Waals surface area contributed by atoms with Gasteiger partial charge in [-0.3, -0.25) is 9.59 Å². The molecule has 0 saturated heterocycles. The fourth-order valence-corrected chi connectivity index (χ4v) is 2.98. The van der Waals surface area contributed by atoms with Crippen molar-refractivity contribution < 1.29 is 4.79 Å². The van der Waals surface area contributed by atoms with E-state index < -0.39 is 0 Å². The van der Waals surface area contributed by atoms with Crippen LogP contribution in [0.4, 0.5) is 0 Å². The predicted octanol–water partition coefficient (Wildman–Crippen LogP) is 2.75. The minimum Gasteiger partial charge on any atom is -0.311 e. The van der Waals surface area contributed by atoms with E-state index in [4.69, 9.17) is 0 Å². The third kappa shape index (κ3) is 1.24. The standard InChI is InChI=1S/C17H11NO2/c1-18-14-8-4-7-12-16(14)13(9-15(18)19)10-5-2-3-6-11(10)17(12)20/h2-9H,1H3. The molecule has 0 unspecified atom stereocenters. The molecule has 0 radical (unpaired) electrons. The van der Waals surface area contributed by atoms with E-state index in [1.165, 1.54) is 0 Å². The third-order valence-corrected chi connectivity index (χ3v) is 3.98. The molecular formula is C17H11NO2. The largest absolute Gasteiger partial charge is 0.311 e. The minimum absolute atomic E-state index is 0.0253. The molecule has 2 aromatic carbocycles. The van der Waals surface area contributed by atoms with Gasteiger partial charge in [0, 0.05) is 29.6 Å². The molecule has 0 fully saturated rings. The zero-order valence-corrected chi connectivity index (χ0v) is 10.9. The number of hydrogen-bond donors (Lipinski definition) is 0. The van der Waals surface area contributed by atoms with Crippen molar-refractivity contribution in [3.05, 3.63) is 70.0 Å². The zero-order chi connectivity index (χ0) is 13.9. The predicted molar refractivity (Wildman–Crippen MR) is 78.1 cm³/mol. The lowest BCUT2D eigenvalue weighted by atomic mass is 9.84. The van der Waals surface area contributed by atoms with E-state index in [0.29, 0.717) is 11.1 Å². The van der Waals surface area contributed by atoms with Gasteiger partial charge >= 0.3 is 0 Å². The first kappa shape index (κ1) is 11.2. The maximum Gasteiger partial charge on any atom is 0.251 e. The number of benzene rings is 2. The second-order valence-electron chi connectivity index (χ2n) is 5.03. The molecule has 0 amide bonds. The molecule has 1 heterocycles. The number of nitrogens with zero attached hydrogens (tertiary/aromatic N) is 1. The monoisotopic (exact) mass is 261 g/mol. The molecule has 96 valence electrons. The first-order valence-corrected chi connectivity index (χ1v) is 6.45. The summed E-state index contributed by atoms with van der Waals surface area (Å²) in [6, 6.07) is 14.6. The summed E-state index contributed by atoms with van der Waals surface area (Å²) < 4.78 is 1.59. The number of hydrogen-bond acceptors (Lipinski definition) is 2. The van der Waals surface area contributed by atoms with Gasteiger partial charge < -0.3 is 4.57 Å². The summed E-state index contributed by atoms with van der Waals surface area (Å²) in [5.41, 5.74) is 3.78. The van der Waals surface area contributed by atoms with Crippen LogP contribution in [-0.2, 0) is 7.05 Å². The van der Waals surface area contributed by atoms with Crippen LogP contribution in [0.2, 0.25) is 0 Å². The molecule has 3 nitrogen and oxygen atoms in total. The van der Waals surface area contributed by atoms with Crippen LogP contribution in [0, 0.1) is 0 Å². The smallest absolute Gasteiger partial charge is 0.251 e. The van der Waals surface area contributed by atoms with Crippen LogP contribution in [-0.4, -0.2) is 10.4 Å². The Morgan fingerprint density at radius 1 is 0.800 bits per heavy atom. The Kier molecular flexibility index (Phi) is 2.05. The highest BCUT2D eigenvalue weighted by Crippen LogP contribution is 2.37. The van der Waals surface area contributed by atoms with Gasteiger partial charge in [0.2, 0.25) is 0 Å². The van der Waals surface area contributed by atoms with Crippen molar-refractivity contribution >= 4 is 16.7 Å².